The van der Waals surface area contributed by atoms with Gasteiger partial charge in [0.1, 0.15) is 10.0 Å². The van der Waals surface area contributed by atoms with E-state index in [4.69, 9.17) is 5.11 Å². The third kappa shape index (κ3) is 5.16. The first kappa shape index (κ1) is 17.1. The van der Waals surface area contributed by atoms with Crippen LogP contribution in [0.1, 0.15) is 23.9 Å². The molecule has 10 heteroatoms. The second-order valence-corrected chi connectivity index (χ2v) is 6.41. The molecule has 0 fully saturated rings. The van der Waals surface area contributed by atoms with Crippen molar-refractivity contribution in [2.24, 2.45) is 10.9 Å². The van der Waals surface area contributed by atoms with Crippen molar-refractivity contribution >= 4 is 29.2 Å². The fraction of sp³-hybridized carbons (Fsp3) is 0.615. The quantitative estimate of drug-likeness (QED) is 0.519. The molecule has 0 spiro atoms. The van der Waals surface area contributed by atoms with Crippen molar-refractivity contribution < 1.29 is 14.7 Å². The van der Waals surface area contributed by atoms with Gasteiger partial charge in [-0.3, -0.25) is 14.6 Å². The molecule has 2 unspecified atom stereocenters. The highest BCUT2D eigenvalue weighted by atomic mass is 32.1. The zero-order chi connectivity index (χ0) is 16.8. The molecular weight excluding hydrogens is 320 g/mol. The number of aliphatic imine (C=N–C) groups is 1. The van der Waals surface area contributed by atoms with Crippen LogP contribution in [-0.4, -0.2) is 52.3 Å². The van der Waals surface area contributed by atoms with Crippen molar-refractivity contribution in [1.29, 1.82) is 0 Å². The molecule has 1 aromatic rings. The number of guanidine groups is 1. The zero-order valence-electron chi connectivity index (χ0n) is 13.0. The van der Waals surface area contributed by atoms with E-state index in [1.54, 1.807) is 13.8 Å². The number of rotatable bonds is 7. The van der Waals surface area contributed by atoms with Gasteiger partial charge in [0, 0.05) is 12.6 Å². The van der Waals surface area contributed by atoms with E-state index in [-0.39, 0.29) is 12.3 Å². The third-order valence-corrected chi connectivity index (χ3v) is 4.35. The summed E-state index contributed by atoms with van der Waals surface area (Å²) >= 11 is 1.34. The van der Waals surface area contributed by atoms with Crippen LogP contribution in [0, 0.1) is 5.92 Å². The SMILES string of the molecule is CC(NC(=O)Cc1nnc(CNC2=NCCN2)s1)C(C)C(=O)O. The van der Waals surface area contributed by atoms with Crippen LogP contribution in [0.25, 0.3) is 0 Å². The van der Waals surface area contributed by atoms with E-state index in [0.717, 1.165) is 24.1 Å². The number of hydrogen-bond donors (Lipinski definition) is 4. The predicted octanol–water partition coefficient (Wildman–Crippen LogP) is -0.645. The smallest absolute Gasteiger partial charge is 0.308 e. The molecule has 1 amide bonds. The van der Waals surface area contributed by atoms with Gasteiger partial charge in [-0.2, -0.15) is 0 Å². The van der Waals surface area contributed by atoms with Crippen molar-refractivity contribution in [3.8, 4) is 0 Å². The summed E-state index contributed by atoms with van der Waals surface area (Å²) in [6.45, 7) is 5.31. The molecular formula is C13H20N6O3S. The summed E-state index contributed by atoms with van der Waals surface area (Å²) < 4.78 is 0. The molecule has 2 rings (SSSR count). The number of aromatic nitrogens is 2. The molecule has 126 valence electrons. The van der Waals surface area contributed by atoms with Crippen LogP contribution in [0.4, 0.5) is 0 Å². The summed E-state index contributed by atoms with van der Waals surface area (Å²) in [4.78, 5) is 27.0. The molecule has 0 aliphatic carbocycles. The minimum Gasteiger partial charge on any atom is -0.481 e. The van der Waals surface area contributed by atoms with E-state index >= 15 is 0 Å². The highest BCUT2D eigenvalue weighted by Crippen LogP contribution is 2.11. The molecule has 1 aliphatic heterocycles. The van der Waals surface area contributed by atoms with Crippen molar-refractivity contribution in [3.63, 3.8) is 0 Å². The molecule has 2 atom stereocenters. The van der Waals surface area contributed by atoms with Crippen LogP contribution < -0.4 is 16.0 Å². The van der Waals surface area contributed by atoms with E-state index in [1.807, 2.05) is 0 Å². The van der Waals surface area contributed by atoms with Gasteiger partial charge in [0.2, 0.25) is 5.91 Å². The standard InChI is InChI=1S/C13H20N6O3S/c1-7(12(21)22)8(2)17-9(20)5-10-18-19-11(23-10)6-16-13-14-3-4-15-13/h7-8H,3-6H2,1-2H3,(H,17,20)(H,21,22)(H2,14,15,16). The molecule has 23 heavy (non-hydrogen) atoms. The summed E-state index contributed by atoms with van der Waals surface area (Å²) in [7, 11) is 0. The van der Waals surface area contributed by atoms with E-state index in [0.29, 0.717) is 11.6 Å². The van der Waals surface area contributed by atoms with Crippen LogP contribution >= 0.6 is 11.3 Å². The number of carboxylic acid groups (broad SMARTS) is 1. The average Bonchev–Trinajstić information content (AvgIpc) is 3.15. The number of hydrogen-bond acceptors (Lipinski definition) is 8. The Labute approximate surface area is 137 Å². The summed E-state index contributed by atoms with van der Waals surface area (Å²) in [5.74, 6) is -1.10. The molecule has 9 nitrogen and oxygen atoms in total. The molecule has 0 saturated heterocycles. The van der Waals surface area contributed by atoms with Gasteiger partial charge in [-0.05, 0) is 13.8 Å². The van der Waals surface area contributed by atoms with Crippen LogP contribution in [0.3, 0.4) is 0 Å². The lowest BCUT2D eigenvalue weighted by molar-refractivity contribution is -0.142. The monoisotopic (exact) mass is 340 g/mol. The Balaban J connectivity index is 1.79. The Bertz CT molecular complexity index is 602. The number of carbonyl (C=O) groups is 2. The zero-order valence-corrected chi connectivity index (χ0v) is 13.8. The van der Waals surface area contributed by atoms with Crippen LogP contribution in [0.15, 0.2) is 4.99 Å². The molecule has 1 aromatic heterocycles. The number of carbonyl (C=O) groups excluding carboxylic acids is 1. The minimum atomic E-state index is -0.939. The molecule has 1 aliphatic rings. The van der Waals surface area contributed by atoms with Gasteiger partial charge >= 0.3 is 5.97 Å². The topological polar surface area (TPSA) is 129 Å². The minimum absolute atomic E-state index is 0.0908. The van der Waals surface area contributed by atoms with Crippen molar-refractivity contribution in [1.82, 2.24) is 26.1 Å². The first-order valence-corrected chi connectivity index (χ1v) is 8.13. The van der Waals surface area contributed by atoms with Crippen molar-refractivity contribution in [2.45, 2.75) is 32.9 Å². The Morgan fingerprint density at radius 1 is 1.35 bits per heavy atom. The molecule has 0 aromatic carbocycles. The van der Waals surface area contributed by atoms with Crippen molar-refractivity contribution in [3.05, 3.63) is 10.0 Å². The van der Waals surface area contributed by atoms with Gasteiger partial charge in [-0.15, -0.1) is 10.2 Å². The predicted molar refractivity (Wildman–Crippen MR) is 85.2 cm³/mol. The van der Waals surface area contributed by atoms with Gasteiger partial charge in [-0.1, -0.05) is 11.3 Å². The number of aliphatic carboxylic acids is 1. The van der Waals surface area contributed by atoms with Gasteiger partial charge in [-0.25, -0.2) is 0 Å². The van der Waals surface area contributed by atoms with Gasteiger partial charge in [0.15, 0.2) is 5.96 Å². The Morgan fingerprint density at radius 2 is 2.09 bits per heavy atom. The second kappa shape index (κ2) is 7.86. The second-order valence-electron chi connectivity index (χ2n) is 5.26. The first-order chi connectivity index (χ1) is 11.0. The molecule has 2 heterocycles. The fourth-order valence-electron chi connectivity index (χ4n) is 1.89. The molecule has 0 saturated carbocycles. The van der Waals surface area contributed by atoms with Crippen LogP contribution in [-0.2, 0) is 22.6 Å². The van der Waals surface area contributed by atoms with E-state index < -0.39 is 17.9 Å². The van der Waals surface area contributed by atoms with Crippen molar-refractivity contribution in [2.75, 3.05) is 13.1 Å². The van der Waals surface area contributed by atoms with Gasteiger partial charge < -0.3 is 21.1 Å². The Kier molecular flexibility index (Phi) is 5.85. The lowest BCUT2D eigenvalue weighted by Gasteiger charge is -2.17. The highest BCUT2D eigenvalue weighted by molar-refractivity contribution is 7.11. The number of nitrogens with one attached hydrogen (secondary N) is 3. The Morgan fingerprint density at radius 3 is 2.74 bits per heavy atom. The third-order valence-electron chi connectivity index (χ3n) is 3.43. The summed E-state index contributed by atoms with van der Waals surface area (Å²) in [5, 5.41) is 27.1. The number of carboxylic acids is 1. The van der Waals surface area contributed by atoms with E-state index in [9.17, 15) is 9.59 Å². The lowest BCUT2D eigenvalue weighted by atomic mass is 10.0. The van der Waals surface area contributed by atoms with E-state index in [1.165, 1.54) is 11.3 Å². The molecule has 4 N–H and O–H groups in total. The maximum absolute atomic E-state index is 11.9. The molecule has 0 radical (unpaired) electrons. The summed E-state index contributed by atoms with van der Waals surface area (Å²) in [6.07, 6.45) is 0.0908. The lowest BCUT2D eigenvalue weighted by Crippen LogP contribution is -2.40. The first-order valence-electron chi connectivity index (χ1n) is 7.31. The number of nitrogens with zero attached hydrogens (tertiary/aromatic N) is 3. The fourth-order valence-corrected chi connectivity index (χ4v) is 2.67. The van der Waals surface area contributed by atoms with Gasteiger partial charge in [0.25, 0.3) is 0 Å². The molecule has 0 bridgehead atoms. The van der Waals surface area contributed by atoms with Gasteiger partial charge in [0.05, 0.1) is 25.4 Å². The summed E-state index contributed by atoms with van der Waals surface area (Å²) in [5.41, 5.74) is 0. The normalized spacial score (nSPS) is 16.2. The summed E-state index contributed by atoms with van der Waals surface area (Å²) in [6, 6.07) is -0.444. The van der Waals surface area contributed by atoms with Crippen LogP contribution in [0.5, 0.6) is 0 Å². The maximum Gasteiger partial charge on any atom is 0.308 e. The van der Waals surface area contributed by atoms with Crippen LogP contribution in [0.2, 0.25) is 0 Å². The largest absolute Gasteiger partial charge is 0.481 e. The van der Waals surface area contributed by atoms with E-state index in [2.05, 4.69) is 31.1 Å². The Hall–Kier alpha value is -2.23. The average molecular weight is 340 g/mol. The number of amides is 1. The maximum atomic E-state index is 11.9. The highest BCUT2D eigenvalue weighted by Gasteiger charge is 2.21.